The molecular weight excluding hydrogens is 1150 g/mol. The normalized spacial score (nSPS) is 14.6. The van der Waals surface area contributed by atoms with Crippen LogP contribution < -0.4 is 0 Å². The molecule has 0 fully saturated rings. The number of aliphatic hydroxyl groups excluding tert-OH is 1. The molecule has 0 aliphatic rings. The summed E-state index contributed by atoms with van der Waals surface area (Å²) in [5, 5.41) is 10.6. The Morgan fingerprint density at radius 1 is 0.322 bits per heavy atom. The Morgan fingerprint density at radius 3 is 0.816 bits per heavy atom. The van der Waals surface area contributed by atoms with E-state index in [4.69, 9.17) is 37.0 Å². The highest BCUT2D eigenvalue weighted by Gasteiger charge is 2.30. The van der Waals surface area contributed by atoms with E-state index >= 15 is 0 Å². The van der Waals surface area contributed by atoms with Gasteiger partial charge in [0.1, 0.15) is 19.3 Å². The Morgan fingerprint density at radius 2 is 0.552 bits per heavy atom. The van der Waals surface area contributed by atoms with Crippen LogP contribution in [0.2, 0.25) is 0 Å². The second-order valence-electron chi connectivity index (χ2n) is 26.2. The quantitative estimate of drug-likeness (QED) is 0.0222. The van der Waals surface area contributed by atoms with Gasteiger partial charge in [-0.1, -0.05) is 280 Å². The first-order valence-corrected chi connectivity index (χ1v) is 38.2. The minimum Gasteiger partial charge on any atom is -0.462 e. The van der Waals surface area contributed by atoms with E-state index in [0.29, 0.717) is 37.5 Å². The Balaban J connectivity index is 5.21. The monoisotopic (exact) mass is 1280 g/mol. The van der Waals surface area contributed by atoms with Crippen molar-refractivity contribution >= 4 is 39.5 Å². The molecule has 516 valence electrons. The molecule has 0 amide bonds. The predicted octanol–water partition coefficient (Wildman–Crippen LogP) is 18.9. The maximum Gasteiger partial charge on any atom is 0.472 e. The summed E-state index contributed by atoms with van der Waals surface area (Å²) in [6.45, 7) is 14.0. The second kappa shape index (κ2) is 57.9. The van der Waals surface area contributed by atoms with Crippen molar-refractivity contribution < 1.29 is 80.2 Å². The number of phosphoric ester groups is 2. The number of unbranched alkanes of at least 4 members (excludes halogenated alkanes) is 30. The van der Waals surface area contributed by atoms with Crippen LogP contribution in [0.3, 0.4) is 0 Å². The molecule has 0 aromatic heterocycles. The summed E-state index contributed by atoms with van der Waals surface area (Å²) in [5.41, 5.74) is 0. The predicted molar refractivity (Wildman–Crippen MR) is 349 cm³/mol. The number of phosphoric acid groups is 2. The van der Waals surface area contributed by atoms with Gasteiger partial charge < -0.3 is 33.8 Å². The van der Waals surface area contributed by atoms with Gasteiger partial charge in [-0.3, -0.25) is 37.3 Å². The van der Waals surface area contributed by atoms with Crippen LogP contribution in [0, 0.1) is 23.7 Å². The summed E-state index contributed by atoms with van der Waals surface area (Å²) in [5.74, 6) is 0.797. The summed E-state index contributed by atoms with van der Waals surface area (Å²) in [7, 11) is -9.90. The first kappa shape index (κ1) is 85.1. The van der Waals surface area contributed by atoms with Crippen molar-refractivity contribution in [2.75, 3.05) is 39.6 Å². The zero-order valence-electron chi connectivity index (χ0n) is 56.6. The van der Waals surface area contributed by atoms with Crippen LogP contribution in [0.4, 0.5) is 0 Å². The molecule has 0 aromatic rings. The fourth-order valence-corrected chi connectivity index (χ4v) is 11.7. The van der Waals surface area contributed by atoms with Gasteiger partial charge in [0.25, 0.3) is 0 Å². The number of esters is 4. The highest BCUT2D eigenvalue weighted by Crippen LogP contribution is 2.45. The van der Waals surface area contributed by atoms with Crippen LogP contribution in [0.15, 0.2) is 0 Å². The molecule has 17 nitrogen and oxygen atoms in total. The first-order valence-electron chi connectivity index (χ1n) is 35.2. The van der Waals surface area contributed by atoms with Crippen molar-refractivity contribution in [2.45, 2.75) is 350 Å². The van der Waals surface area contributed by atoms with Gasteiger partial charge in [0.15, 0.2) is 12.2 Å². The number of aliphatic hydroxyl groups is 1. The van der Waals surface area contributed by atoms with Crippen molar-refractivity contribution in [3.63, 3.8) is 0 Å². The maximum absolute atomic E-state index is 13.0. The molecule has 3 N–H and O–H groups in total. The molecule has 0 aliphatic heterocycles. The molecule has 0 bridgehead atoms. The van der Waals surface area contributed by atoms with Gasteiger partial charge in [-0.25, -0.2) is 9.13 Å². The fraction of sp³-hybridized carbons (Fsp3) is 0.941. The molecule has 87 heavy (non-hydrogen) atoms. The SMILES string of the molecule is CCC(C)CCCCCCCCCCC(=O)O[C@H](COC(=O)CCCCCCCCCC(C)C)COP(=O)(O)OCC(O)COP(=O)(O)OC[C@@H](COC(=O)CCCCCCCCCCCCCCCC(C)C)OC(=O)CCCCCCCCC(C)C. The third-order valence-electron chi connectivity index (χ3n) is 15.9. The van der Waals surface area contributed by atoms with E-state index < -0.39 is 97.5 Å². The van der Waals surface area contributed by atoms with E-state index in [1.807, 2.05) is 0 Å². The number of ether oxygens (including phenoxy) is 4. The van der Waals surface area contributed by atoms with E-state index in [1.54, 1.807) is 0 Å². The zero-order chi connectivity index (χ0) is 64.7. The Hall–Kier alpha value is -1.94. The van der Waals surface area contributed by atoms with E-state index in [-0.39, 0.29) is 25.7 Å². The third kappa shape index (κ3) is 61.3. The topological polar surface area (TPSA) is 237 Å². The van der Waals surface area contributed by atoms with E-state index in [0.717, 1.165) is 108 Å². The summed E-state index contributed by atoms with van der Waals surface area (Å²) < 4.78 is 68.1. The number of carbonyl (C=O) groups excluding carboxylic acids is 4. The van der Waals surface area contributed by atoms with Crippen LogP contribution in [-0.4, -0.2) is 96.7 Å². The molecule has 0 aromatic carbocycles. The molecule has 4 unspecified atom stereocenters. The van der Waals surface area contributed by atoms with Gasteiger partial charge in [-0.05, 0) is 49.4 Å². The number of hydrogen-bond donors (Lipinski definition) is 3. The minimum absolute atomic E-state index is 0.102. The van der Waals surface area contributed by atoms with Crippen molar-refractivity contribution in [2.24, 2.45) is 23.7 Å². The summed E-state index contributed by atoms with van der Waals surface area (Å²) in [4.78, 5) is 72.4. The third-order valence-corrected chi connectivity index (χ3v) is 17.8. The first-order chi connectivity index (χ1) is 41.6. The number of carbonyl (C=O) groups is 4. The van der Waals surface area contributed by atoms with Crippen LogP contribution >= 0.6 is 15.6 Å². The van der Waals surface area contributed by atoms with E-state index in [1.165, 1.54) is 128 Å². The summed E-state index contributed by atoms with van der Waals surface area (Å²) in [6.07, 6.45) is 39.2. The lowest BCUT2D eigenvalue weighted by atomic mass is 9.99. The van der Waals surface area contributed by atoms with Crippen LogP contribution in [-0.2, 0) is 65.4 Å². The second-order valence-corrected chi connectivity index (χ2v) is 29.1. The standard InChI is InChI=1S/C68H132O17P2/c1-9-61(8)47-39-31-22-17-18-24-34-42-50-67(72)84-63(54-79-66(71)49-41-33-25-19-21-29-37-45-59(4)5)56-82-86(74,75)80-52-62(69)53-81-87(76,77)83-57-64(85-68(73)51-43-35-27-26-30-38-46-60(6)7)55-78-65(70)48-40-32-23-16-14-12-10-11-13-15-20-28-36-44-58(2)3/h58-64,69H,9-57H2,1-8H3,(H,74,75)(H,76,77)/t61?,62?,63-,64-/m1/s1. The van der Waals surface area contributed by atoms with Gasteiger partial charge in [0, 0.05) is 25.7 Å². The Bertz CT molecular complexity index is 1730. The molecule has 0 heterocycles. The molecule has 0 spiro atoms. The number of rotatable bonds is 65. The van der Waals surface area contributed by atoms with Crippen LogP contribution in [0.25, 0.3) is 0 Å². The van der Waals surface area contributed by atoms with Gasteiger partial charge >= 0.3 is 39.5 Å². The molecule has 19 heteroatoms. The minimum atomic E-state index is -4.95. The number of hydrogen-bond acceptors (Lipinski definition) is 15. The van der Waals surface area contributed by atoms with Crippen LogP contribution in [0.1, 0.15) is 331 Å². The Labute approximate surface area is 530 Å². The fourth-order valence-electron chi connectivity index (χ4n) is 10.1. The highest BCUT2D eigenvalue weighted by atomic mass is 31.2. The molecular formula is C68H132O17P2. The molecule has 6 atom stereocenters. The largest absolute Gasteiger partial charge is 0.472 e. The van der Waals surface area contributed by atoms with Gasteiger partial charge in [-0.2, -0.15) is 0 Å². The summed E-state index contributed by atoms with van der Waals surface area (Å²) in [6, 6.07) is 0. The van der Waals surface area contributed by atoms with E-state index in [9.17, 15) is 43.2 Å². The zero-order valence-corrected chi connectivity index (χ0v) is 58.4. The maximum atomic E-state index is 13.0. The molecule has 0 radical (unpaired) electrons. The average Bonchev–Trinajstić information content (AvgIpc) is 3.58. The Kier molecular flexibility index (Phi) is 56.6. The van der Waals surface area contributed by atoms with E-state index in [2.05, 4.69) is 55.4 Å². The van der Waals surface area contributed by atoms with Gasteiger partial charge in [0.05, 0.1) is 26.4 Å². The van der Waals surface area contributed by atoms with Crippen molar-refractivity contribution in [1.29, 1.82) is 0 Å². The van der Waals surface area contributed by atoms with Crippen molar-refractivity contribution in [1.82, 2.24) is 0 Å². The molecule has 0 saturated heterocycles. The van der Waals surface area contributed by atoms with Crippen molar-refractivity contribution in [3.05, 3.63) is 0 Å². The molecule has 0 saturated carbocycles. The molecule has 0 rings (SSSR count). The van der Waals surface area contributed by atoms with Gasteiger partial charge in [-0.15, -0.1) is 0 Å². The van der Waals surface area contributed by atoms with Crippen molar-refractivity contribution in [3.8, 4) is 0 Å². The smallest absolute Gasteiger partial charge is 0.462 e. The lowest BCUT2D eigenvalue weighted by Crippen LogP contribution is -2.30. The molecule has 0 aliphatic carbocycles. The average molecular weight is 1280 g/mol. The van der Waals surface area contributed by atoms with Crippen LogP contribution in [0.5, 0.6) is 0 Å². The lowest BCUT2D eigenvalue weighted by Gasteiger charge is -2.21. The highest BCUT2D eigenvalue weighted by molar-refractivity contribution is 7.47. The lowest BCUT2D eigenvalue weighted by molar-refractivity contribution is -0.161. The summed E-state index contributed by atoms with van der Waals surface area (Å²) >= 11 is 0. The van der Waals surface area contributed by atoms with Gasteiger partial charge in [0.2, 0.25) is 0 Å².